The quantitative estimate of drug-likeness (QED) is 0.849. The van der Waals surface area contributed by atoms with E-state index in [4.69, 9.17) is 20.9 Å². The van der Waals surface area contributed by atoms with Gasteiger partial charge in [0.1, 0.15) is 0 Å². The first-order chi connectivity index (χ1) is 11.1. The molecule has 2 aliphatic rings. The van der Waals surface area contributed by atoms with Crippen LogP contribution in [0.1, 0.15) is 59.4 Å². The lowest BCUT2D eigenvalue weighted by atomic mass is 9.77. The third kappa shape index (κ3) is 2.98. The van der Waals surface area contributed by atoms with Crippen molar-refractivity contribution in [1.82, 2.24) is 5.32 Å². The van der Waals surface area contributed by atoms with E-state index in [1.165, 1.54) is 0 Å². The molecule has 1 aromatic carbocycles. The Labute approximate surface area is 149 Å². The summed E-state index contributed by atoms with van der Waals surface area (Å²) in [5.74, 6) is 0.0459. The molecule has 24 heavy (non-hydrogen) atoms. The van der Waals surface area contributed by atoms with Crippen LogP contribution < -0.4 is 10.8 Å². The molecule has 0 atom stereocenters. The third-order valence-corrected chi connectivity index (χ3v) is 5.81. The van der Waals surface area contributed by atoms with Gasteiger partial charge in [-0.15, -0.1) is 0 Å². The molecular weight excluding hydrogens is 324 g/mol. The molecule has 0 bridgehead atoms. The molecule has 0 unspecified atom stereocenters. The van der Waals surface area contributed by atoms with Gasteiger partial charge in [0, 0.05) is 11.4 Å². The molecule has 1 N–H and O–H groups in total. The van der Waals surface area contributed by atoms with E-state index in [0.29, 0.717) is 11.4 Å². The van der Waals surface area contributed by atoms with Gasteiger partial charge in [-0.25, -0.2) is 0 Å². The van der Waals surface area contributed by atoms with Crippen LogP contribution in [-0.4, -0.2) is 24.2 Å². The van der Waals surface area contributed by atoms with E-state index >= 15 is 0 Å². The number of benzene rings is 1. The van der Waals surface area contributed by atoms with Gasteiger partial charge in [-0.3, -0.25) is 4.79 Å². The molecule has 1 saturated heterocycles. The summed E-state index contributed by atoms with van der Waals surface area (Å²) in [6, 6.07) is 5.83. The number of carbonyl (C=O) groups excluding carboxylic acids is 1. The smallest absolute Gasteiger partial charge is 0.399 e. The number of nitrogens with one attached hydrogen (secondary N) is 1. The highest BCUT2D eigenvalue weighted by atomic mass is 35.5. The number of carbonyl (C=O) groups is 1. The fourth-order valence-corrected chi connectivity index (χ4v) is 3.28. The Morgan fingerprint density at radius 3 is 2.29 bits per heavy atom. The molecule has 1 saturated carbocycles. The van der Waals surface area contributed by atoms with Gasteiger partial charge >= 0.3 is 7.12 Å². The second-order valence-corrected chi connectivity index (χ2v) is 8.22. The predicted molar refractivity (Wildman–Crippen MR) is 96.5 cm³/mol. The molecule has 4 nitrogen and oxygen atoms in total. The summed E-state index contributed by atoms with van der Waals surface area (Å²) in [6.07, 6.45) is 2.28. The zero-order valence-corrected chi connectivity index (χ0v) is 15.8. The fraction of sp³-hybridized carbons (Fsp3) is 0.611. The Hall–Kier alpha value is -1.04. The minimum atomic E-state index is -0.427. The Balaban J connectivity index is 1.90. The van der Waals surface area contributed by atoms with Crippen LogP contribution in [0.15, 0.2) is 18.2 Å². The molecule has 0 aromatic heterocycles. The highest BCUT2D eigenvalue weighted by Gasteiger charge is 2.52. The maximum absolute atomic E-state index is 11.9. The van der Waals surface area contributed by atoms with E-state index in [0.717, 1.165) is 23.9 Å². The predicted octanol–water partition coefficient (Wildman–Crippen LogP) is 3.15. The largest absolute Gasteiger partial charge is 0.494 e. The van der Waals surface area contributed by atoms with E-state index in [2.05, 4.69) is 5.32 Å². The highest BCUT2D eigenvalue weighted by molar-refractivity contribution is 6.62. The maximum Gasteiger partial charge on any atom is 0.494 e. The van der Waals surface area contributed by atoms with Crippen molar-refractivity contribution >= 4 is 30.1 Å². The summed E-state index contributed by atoms with van der Waals surface area (Å²) in [7, 11) is -0.427. The fourth-order valence-electron chi connectivity index (χ4n) is 2.98. The molecule has 130 valence electrons. The van der Waals surface area contributed by atoms with Crippen molar-refractivity contribution in [3.63, 3.8) is 0 Å². The third-order valence-electron chi connectivity index (χ3n) is 5.48. The lowest BCUT2D eigenvalue weighted by molar-refractivity contribution is -0.121. The van der Waals surface area contributed by atoms with E-state index in [1.807, 2.05) is 52.8 Å². The molecular formula is C18H25BClNO3. The minimum Gasteiger partial charge on any atom is -0.399 e. The standard InChI is InChI=1S/C18H25BClNO3/c1-6-15(22)21-18(9-10-18)13-11-12(7-8-14(13)20)19-23-16(2,3)17(4,5)24-19/h7-8,11H,6,9-10H2,1-5H3,(H,21,22). The lowest BCUT2D eigenvalue weighted by Gasteiger charge is -2.32. The molecule has 1 aliphatic heterocycles. The van der Waals surface area contributed by atoms with Crippen LogP contribution in [-0.2, 0) is 19.6 Å². The van der Waals surface area contributed by atoms with Gasteiger partial charge in [0.25, 0.3) is 0 Å². The molecule has 0 spiro atoms. The zero-order valence-electron chi connectivity index (χ0n) is 15.0. The topological polar surface area (TPSA) is 47.6 Å². The van der Waals surface area contributed by atoms with Crippen molar-refractivity contribution < 1.29 is 14.1 Å². The number of hydrogen-bond donors (Lipinski definition) is 1. The Bertz CT molecular complexity index is 654. The second-order valence-electron chi connectivity index (χ2n) is 7.81. The van der Waals surface area contributed by atoms with Gasteiger partial charge in [-0.1, -0.05) is 30.7 Å². The molecule has 2 fully saturated rings. The maximum atomic E-state index is 11.9. The van der Waals surface area contributed by atoms with Crippen molar-refractivity contribution in [2.45, 2.75) is 70.6 Å². The Kier molecular flexibility index (Phi) is 4.26. The van der Waals surface area contributed by atoms with Gasteiger partial charge in [-0.05, 0) is 57.6 Å². The van der Waals surface area contributed by atoms with Gasteiger partial charge in [0.05, 0.1) is 16.7 Å². The normalized spacial score (nSPS) is 23.2. The minimum absolute atomic E-state index is 0.0459. The number of rotatable bonds is 4. The molecule has 1 heterocycles. The zero-order chi connectivity index (χ0) is 17.8. The monoisotopic (exact) mass is 349 g/mol. The van der Waals surface area contributed by atoms with Crippen LogP contribution in [0.3, 0.4) is 0 Å². The first kappa shape index (κ1) is 17.8. The van der Waals surface area contributed by atoms with Crippen LogP contribution in [0.4, 0.5) is 0 Å². The van der Waals surface area contributed by atoms with E-state index in [-0.39, 0.29) is 22.6 Å². The SMILES string of the molecule is CCC(=O)NC1(c2cc(B3OC(C)(C)C(C)(C)O3)ccc2Cl)CC1. The van der Waals surface area contributed by atoms with Crippen LogP contribution >= 0.6 is 11.6 Å². The number of halogens is 1. The average Bonchev–Trinajstić information content (AvgIpc) is 3.22. The van der Waals surface area contributed by atoms with Crippen molar-refractivity contribution in [3.8, 4) is 0 Å². The molecule has 1 amide bonds. The van der Waals surface area contributed by atoms with E-state index < -0.39 is 7.12 Å². The van der Waals surface area contributed by atoms with E-state index in [1.54, 1.807) is 0 Å². The van der Waals surface area contributed by atoms with Crippen molar-refractivity contribution in [3.05, 3.63) is 28.8 Å². The van der Waals surface area contributed by atoms with Gasteiger partial charge in [-0.2, -0.15) is 0 Å². The van der Waals surface area contributed by atoms with Crippen LogP contribution in [0, 0.1) is 0 Å². The summed E-state index contributed by atoms with van der Waals surface area (Å²) in [5.41, 5.74) is 0.795. The van der Waals surface area contributed by atoms with Crippen molar-refractivity contribution in [2.75, 3.05) is 0 Å². The van der Waals surface area contributed by atoms with Crippen LogP contribution in [0.25, 0.3) is 0 Å². The lowest BCUT2D eigenvalue weighted by Crippen LogP contribution is -2.41. The molecule has 1 aromatic rings. The van der Waals surface area contributed by atoms with Gasteiger partial charge in [0.15, 0.2) is 0 Å². The summed E-state index contributed by atoms with van der Waals surface area (Å²) in [6.45, 7) is 10.00. The summed E-state index contributed by atoms with van der Waals surface area (Å²) < 4.78 is 12.3. The first-order valence-electron chi connectivity index (χ1n) is 8.57. The Morgan fingerprint density at radius 1 is 1.21 bits per heavy atom. The highest BCUT2D eigenvalue weighted by Crippen LogP contribution is 2.48. The van der Waals surface area contributed by atoms with E-state index in [9.17, 15) is 4.79 Å². The van der Waals surface area contributed by atoms with Crippen molar-refractivity contribution in [2.24, 2.45) is 0 Å². The summed E-state index contributed by atoms with van der Waals surface area (Å²) >= 11 is 6.43. The first-order valence-corrected chi connectivity index (χ1v) is 8.95. The summed E-state index contributed by atoms with van der Waals surface area (Å²) in [5, 5.41) is 3.79. The molecule has 3 rings (SSSR count). The number of hydrogen-bond acceptors (Lipinski definition) is 3. The van der Waals surface area contributed by atoms with Gasteiger partial charge < -0.3 is 14.6 Å². The Morgan fingerprint density at radius 2 is 1.79 bits per heavy atom. The summed E-state index contributed by atoms with van der Waals surface area (Å²) in [4.78, 5) is 11.9. The molecule has 0 radical (unpaired) electrons. The van der Waals surface area contributed by atoms with Crippen molar-refractivity contribution in [1.29, 1.82) is 0 Å². The van der Waals surface area contributed by atoms with Gasteiger partial charge in [0.2, 0.25) is 5.91 Å². The molecule has 1 aliphatic carbocycles. The average molecular weight is 350 g/mol. The second kappa shape index (κ2) is 5.75. The van der Waals surface area contributed by atoms with Crippen LogP contribution in [0.5, 0.6) is 0 Å². The molecule has 6 heteroatoms. The number of amides is 1. The van der Waals surface area contributed by atoms with Crippen LogP contribution in [0.2, 0.25) is 5.02 Å².